The van der Waals surface area contributed by atoms with Gasteiger partial charge in [0.25, 0.3) is 0 Å². The predicted molar refractivity (Wildman–Crippen MR) is 62.1 cm³/mol. The summed E-state index contributed by atoms with van der Waals surface area (Å²) in [6, 6.07) is 0. The summed E-state index contributed by atoms with van der Waals surface area (Å²) < 4.78 is 0. The maximum Gasteiger partial charge on any atom is -0.0295 e. The average Bonchev–Trinajstić information content (AvgIpc) is 2.01. The first-order valence-electron chi connectivity index (χ1n) is 6.24. The van der Waals surface area contributed by atoms with Gasteiger partial charge in [0, 0.05) is 0 Å². The van der Waals surface area contributed by atoms with Crippen LogP contribution in [0.4, 0.5) is 0 Å². The Morgan fingerprint density at radius 3 is 2.00 bits per heavy atom. The molecule has 0 radical (unpaired) electrons. The van der Waals surface area contributed by atoms with Crippen LogP contribution in [0.3, 0.4) is 0 Å². The van der Waals surface area contributed by atoms with Gasteiger partial charge in [-0.25, -0.2) is 0 Å². The number of hydrogen-bond donors (Lipinski definition) is 0. The SMILES string of the molecule is C[C@H]1C(C(C)(C)C)CC2C[C@H]1C2(C)C. The smallest absolute Gasteiger partial charge is 0.0295 e. The van der Waals surface area contributed by atoms with Gasteiger partial charge in [0.1, 0.15) is 0 Å². The third kappa shape index (κ3) is 1.26. The Bertz CT molecular complexity index is 231. The Morgan fingerprint density at radius 1 is 1.07 bits per heavy atom. The van der Waals surface area contributed by atoms with Crippen LogP contribution in [0.5, 0.6) is 0 Å². The van der Waals surface area contributed by atoms with E-state index in [1.807, 2.05) is 0 Å². The van der Waals surface area contributed by atoms with Crippen molar-refractivity contribution < 1.29 is 0 Å². The van der Waals surface area contributed by atoms with Crippen molar-refractivity contribution in [2.75, 3.05) is 0 Å². The first kappa shape index (κ1) is 10.5. The summed E-state index contributed by atoms with van der Waals surface area (Å²) in [4.78, 5) is 0. The fourth-order valence-electron chi connectivity index (χ4n) is 4.29. The maximum atomic E-state index is 2.50. The minimum Gasteiger partial charge on any atom is -0.0619 e. The molecule has 0 aromatic heterocycles. The zero-order valence-electron chi connectivity index (χ0n) is 10.7. The third-order valence-corrected chi connectivity index (χ3v) is 5.47. The van der Waals surface area contributed by atoms with E-state index in [2.05, 4.69) is 41.5 Å². The van der Waals surface area contributed by atoms with Crippen molar-refractivity contribution in [2.24, 2.45) is 34.5 Å². The Morgan fingerprint density at radius 2 is 1.64 bits per heavy atom. The molecule has 0 heterocycles. The van der Waals surface area contributed by atoms with Crippen LogP contribution >= 0.6 is 0 Å². The molecule has 4 atom stereocenters. The quantitative estimate of drug-likeness (QED) is 0.538. The van der Waals surface area contributed by atoms with Gasteiger partial charge in [-0.05, 0) is 47.3 Å². The number of fused-ring (bicyclic) bond motifs is 2. The molecule has 3 saturated carbocycles. The van der Waals surface area contributed by atoms with E-state index >= 15 is 0 Å². The molecule has 3 fully saturated rings. The van der Waals surface area contributed by atoms with E-state index in [0.717, 1.165) is 23.7 Å². The third-order valence-electron chi connectivity index (χ3n) is 5.47. The van der Waals surface area contributed by atoms with Gasteiger partial charge >= 0.3 is 0 Å². The van der Waals surface area contributed by atoms with E-state index in [4.69, 9.17) is 0 Å². The van der Waals surface area contributed by atoms with E-state index in [0.29, 0.717) is 10.8 Å². The number of hydrogen-bond acceptors (Lipinski definition) is 0. The van der Waals surface area contributed by atoms with Crippen LogP contribution in [0.25, 0.3) is 0 Å². The molecule has 2 bridgehead atoms. The minimum absolute atomic E-state index is 0.521. The summed E-state index contributed by atoms with van der Waals surface area (Å²) in [7, 11) is 0. The number of rotatable bonds is 0. The Balaban J connectivity index is 2.16. The Labute approximate surface area is 89.5 Å². The first-order valence-corrected chi connectivity index (χ1v) is 6.24. The molecule has 0 nitrogen and oxygen atoms in total. The molecule has 0 aliphatic heterocycles. The van der Waals surface area contributed by atoms with Crippen LogP contribution in [0, 0.1) is 34.5 Å². The fourth-order valence-corrected chi connectivity index (χ4v) is 4.29. The van der Waals surface area contributed by atoms with E-state index in [1.165, 1.54) is 12.8 Å². The zero-order chi connectivity index (χ0) is 10.7. The first-order chi connectivity index (χ1) is 6.24. The van der Waals surface area contributed by atoms with Crippen molar-refractivity contribution >= 4 is 0 Å². The van der Waals surface area contributed by atoms with Crippen molar-refractivity contribution in [3.8, 4) is 0 Å². The van der Waals surface area contributed by atoms with Crippen molar-refractivity contribution in [3.63, 3.8) is 0 Å². The standard InChI is InChI=1S/C14H26/c1-9-11(13(2,3)4)7-10-8-12(9)14(10,5)6/h9-12H,7-8H2,1-6H3/t9-,10?,11?,12+/m0/s1. The summed E-state index contributed by atoms with van der Waals surface area (Å²) in [6.45, 7) is 14.7. The summed E-state index contributed by atoms with van der Waals surface area (Å²) in [5.74, 6) is 3.92. The van der Waals surface area contributed by atoms with Gasteiger partial charge in [0.15, 0.2) is 0 Å². The molecule has 14 heavy (non-hydrogen) atoms. The fraction of sp³-hybridized carbons (Fsp3) is 1.00. The zero-order valence-corrected chi connectivity index (χ0v) is 10.7. The highest BCUT2D eigenvalue weighted by Gasteiger charge is 2.57. The lowest BCUT2D eigenvalue weighted by Gasteiger charge is -2.64. The van der Waals surface area contributed by atoms with Gasteiger partial charge in [-0.15, -0.1) is 0 Å². The molecule has 0 amide bonds. The second kappa shape index (κ2) is 2.77. The van der Waals surface area contributed by atoms with Gasteiger partial charge < -0.3 is 0 Å². The molecule has 0 saturated heterocycles. The van der Waals surface area contributed by atoms with Gasteiger partial charge in [0.05, 0.1) is 0 Å². The largest absolute Gasteiger partial charge is 0.0619 e. The van der Waals surface area contributed by atoms with Crippen LogP contribution in [0.1, 0.15) is 54.4 Å². The topological polar surface area (TPSA) is 0 Å². The van der Waals surface area contributed by atoms with Crippen molar-refractivity contribution in [3.05, 3.63) is 0 Å². The summed E-state index contributed by atoms with van der Waals surface area (Å²) in [5.41, 5.74) is 1.17. The average molecular weight is 194 g/mol. The highest BCUT2D eigenvalue weighted by molar-refractivity contribution is 5.06. The molecule has 2 unspecified atom stereocenters. The van der Waals surface area contributed by atoms with Crippen LogP contribution in [0.15, 0.2) is 0 Å². The highest BCUT2D eigenvalue weighted by Crippen LogP contribution is 2.65. The van der Waals surface area contributed by atoms with Crippen molar-refractivity contribution in [2.45, 2.75) is 54.4 Å². The Kier molecular flexibility index (Phi) is 2.08. The molecule has 82 valence electrons. The van der Waals surface area contributed by atoms with Gasteiger partial charge in [-0.3, -0.25) is 0 Å². The highest BCUT2D eigenvalue weighted by atomic mass is 14.6. The molecule has 0 aromatic carbocycles. The van der Waals surface area contributed by atoms with Crippen LogP contribution in [-0.4, -0.2) is 0 Å². The normalized spacial score (nSPS) is 45.9. The summed E-state index contributed by atoms with van der Waals surface area (Å²) in [6.07, 6.45) is 2.99. The van der Waals surface area contributed by atoms with E-state index < -0.39 is 0 Å². The van der Waals surface area contributed by atoms with Crippen LogP contribution in [0.2, 0.25) is 0 Å². The molecule has 0 heteroatoms. The van der Waals surface area contributed by atoms with Crippen molar-refractivity contribution in [1.82, 2.24) is 0 Å². The Hall–Kier alpha value is 0. The second-order valence-electron chi connectivity index (χ2n) is 7.43. The molecule has 3 aliphatic rings. The maximum absolute atomic E-state index is 2.50. The molecule has 3 rings (SSSR count). The van der Waals surface area contributed by atoms with E-state index in [-0.39, 0.29) is 0 Å². The molecule has 0 N–H and O–H groups in total. The molecule has 3 aliphatic carbocycles. The van der Waals surface area contributed by atoms with E-state index in [1.54, 1.807) is 0 Å². The monoisotopic (exact) mass is 194 g/mol. The van der Waals surface area contributed by atoms with Crippen LogP contribution < -0.4 is 0 Å². The second-order valence-corrected chi connectivity index (χ2v) is 7.43. The molecule has 0 aromatic rings. The van der Waals surface area contributed by atoms with Crippen LogP contribution in [-0.2, 0) is 0 Å². The van der Waals surface area contributed by atoms with Gasteiger partial charge in [0.2, 0.25) is 0 Å². The minimum atomic E-state index is 0.521. The predicted octanol–water partition coefficient (Wildman–Crippen LogP) is 4.35. The molecule has 0 spiro atoms. The van der Waals surface area contributed by atoms with E-state index in [9.17, 15) is 0 Å². The lowest BCUT2D eigenvalue weighted by molar-refractivity contribution is -0.150. The molecular weight excluding hydrogens is 168 g/mol. The lowest BCUT2D eigenvalue weighted by atomic mass is 9.41. The van der Waals surface area contributed by atoms with Crippen molar-refractivity contribution in [1.29, 1.82) is 0 Å². The summed E-state index contributed by atoms with van der Waals surface area (Å²) >= 11 is 0. The van der Waals surface area contributed by atoms with Gasteiger partial charge in [-0.1, -0.05) is 41.5 Å². The molecular formula is C14H26. The lowest BCUT2D eigenvalue weighted by Crippen LogP contribution is -2.57. The summed E-state index contributed by atoms with van der Waals surface area (Å²) in [5, 5.41) is 0. The van der Waals surface area contributed by atoms with Gasteiger partial charge in [-0.2, -0.15) is 0 Å².